The summed E-state index contributed by atoms with van der Waals surface area (Å²) < 4.78 is 22.6. The minimum Gasteiger partial charge on any atom is -0.368 e. The monoisotopic (exact) mass is 391 g/mol. The second kappa shape index (κ2) is 8.59. The third kappa shape index (κ3) is 5.34. The Bertz CT molecular complexity index is 850. The number of sulfonamides is 1. The molecule has 1 aliphatic heterocycles. The van der Waals surface area contributed by atoms with Gasteiger partial charge in [0.2, 0.25) is 16.0 Å². The van der Waals surface area contributed by atoms with Crippen molar-refractivity contribution in [2.75, 3.05) is 49.5 Å². The van der Waals surface area contributed by atoms with E-state index in [0.29, 0.717) is 18.3 Å². The smallest absolute Gasteiger partial charge is 0.247 e. The third-order valence-electron chi connectivity index (χ3n) is 4.62. The zero-order chi connectivity index (χ0) is 19.3. The van der Waals surface area contributed by atoms with E-state index in [0.717, 1.165) is 44.7 Å². The van der Waals surface area contributed by atoms with Gasteiger partial charge in [-0.1, -0.05) is 19.1 Å². The molecule has 1 aromatic heterocycles. The van der Waals surface area contributed by atoms with E-state index in [1.54, 1.807) is 18.3 Å². The number of primary sulfonamides is 1. The highest BCUT2D eigenvalue weighted by atomic mass is 32.2. The van der Waals surface area contributed by atoms with Gasteiger partial charge in [-0.15, -0.1) is 5.10 Å². The molecule has 3 rings (SSSR count). The molecule has 0 atom stereocenters. The molecule has 0 unspecified atom stereocenters. The Morgan fingerprint density at radius 2 is 1.85 bits per heavy atom. The van der Waals surface area contributed by atoms with Crippen LogP contribution in [0.5, 0.6) is 0 Å². The van der Waals surface area contributed by atoms with E-state index in [4.69, 9.17) is 5.14 Å². The molecule has 27 heavy (non-hydrogen) atoms. The first kappa shape index (κ1) is 19.5. The van der Waals surface area contributed by atoms with Crippen molar-refractivity contribution in [1.29, 1.82) is 0 Å². The molecule has 1 fully saturated rings. The van der Waals surface area contributed by atoms with Gasteiger partial charge in [0.1, 0.15) is 0 Å². The topological polar surface area (TPSA) is 117 Å². The highest BCUT2D eigenvalue weighted by Crippen LogP contribution is 2.13. The van der Waals surface area contributed by atoms with Gasteiger partial charge in [0.05, 0.1) is 11.1 Å². The minimum absolute atomic E-state index is 0.118. The quantitative estimate of drug-likeness (QED) is 0.693. The van der Waals surface area contributed by atoms with Crippen LogP contribution in [-0.2, 0) is 16.4 Å². The van der Waals surface area contributed by atoms with E-state index in [-0.39, 0.29) is 4.90 Å². The number of hydrogen-bond acceptors (Lipinski definition) is 8. The third-order valence-corrected chi connectivity index (χ3v) is 5.55. The molecule has 0 saturated carbocycles. The lowest BCUT2D eigenvalue weighted by Gasteiger charge is -2.33. The number of benzene rings is 1. The number of aromatic nitrogens is 3. The van der Waals surface area contributed by atoms with Crippen LogP contribution in [0.2, 0.25) is 0 Å². The average Bonchev–Trinajstić information content (AvgIpc) is 2.68. The lowest BCUT2D eigenvalue weighted by atomic mass is 10.1. The number of likely N-dealkylation sites (N-methyl/N-ethyl adjacent to an activating group) is 1. The average molecular weight is 392 g/mol. The predicted molar refractivity (Wildman–Crippen MR) is 104 cm³/mol. The molecule has 9 nitrogen and oxygen atoms in total. The Morgan fingerprint density at radius 3 is 2.48 bits per heavy atom. The van der Waals surface area contributed by atoms with Crippen LogP contribution in [0.3, 0.4) is 0 Å². The van der Waals surface area contributed by atoms with Gasteiger partial charge in [-0.2, -0.15) is 10.1 Å². The number of hydrogen-bond donors (Lipinski definition) is 2. The molecular formula is C17H25N7O2S. The summed E-state index contributed by atoms with van der Waals surface area (Å²) >= 11 is 0. The van der Waals surface area contributed by atoms with E-state index in [2.05, 4.69) is 37.2 Å². The van der Waals surface area contributed by atoms with Crippen LogP contribution in [0, 0.1) is 0 Å². The van der Waals surface area contributed by atoms with Crippen LogP contribution in [0.15, 0.2) is 35.4 Å². The second-order valence-electron chi connectivity index (χ2n) is 6.43. The highest BCUT2D eigenvalue weighted by Gasteiger charge is 2.18. The maximum absolute atomic E-state index is 11.3. The van der Waals surface area contributed by atoms with Crippen molar-refractivity contribution in [1.82, 2.24) is 20.1 Å². The van der Waals surface area contributed by atoms with Gasteiger partial charge in [0.15, 0.2) is 5.82 Å². The molecule has 0 aliphatic carbocycles. The fraction of sp³-hybridized carbons (Fsp3) is 0.471. The number of anilines is 2. The zero-order valence-corrected chi connectivity index (χ0v) is 16.2. The molecule has 1 saturated heterocycles. The predicted octanol–water partition coefficient (Wildman–Crippen LogP) is 0.316. The Balaban J connectivity index is 1.53. The summed E-state index contributed by atoms with van der Waals surface area (Å²) in [5.74, 6) is 1.33. The van der Waals surface area contributed by atoms with Crippen molar-refractivity contribution in [3.8, 4) is 0 Å². The Labute approximate surface area is 159 Å². The lowest BCUT2D eigenvalue weighted by Crippen LogP contribution is -2.46. The van der Waals surface area contributed by atoms with E-state index in [9.17, 15) is 8.42 Å². The molecule has 10 heteroatoms. The van der Waals surface area contributed by atoms with E-state index < -0.39 is 10.0 Å². The normalized spacial score (nSPS) is 15.7. The molecular weight excluding hydrogens is 366 g/mol. The van der Waals surface area contributed by atoms with Crippen LogP contribution in [-0.4, -0.2) is 67.8 Å². The van der Waals surface area contributed by atoms with Crippen LogP contribution in [0.25, 0.3) is 0 Å². The van der Waals surface area contributed by atoms with Crippen molar-refractivity contribution in [3.05, 3.63) is 36.0 Å². The van der Waals surface area contributed by atoms with Gasteiger partial charge >= 0.3 is 0 Å². The summed E-state index contributed by atoms with van der Waals surface area (Å²) in [5.41, 5.74) is 1.01. The largest absolute Gasteiger partial charge is 0.368 e. The molecule has 0 bridgehead atoms. The lowest BCUT2D eigenvalue weighted by molar-refractivity contribution is 0.269. The van der Waals surface area contributed by atoms with Crippen molar-refractivity contribution in [2.45, 2.75) is 18.2 Å². The molecule has 3 N–H and O–H groups in total. The van der Waals surface area contributed by atoms with Gasteiger partial charge in [0.25, 0.3) is 0 Å². The van der Waals surface area contributed by atoms with Crippen LogP contribution < -0.4 is 15.4 Å². The van der Waals surface area contributed by atoms with Crippen LogP contribution in [0.1, 0.15) is 12.5 Å². The summed E-state index contributed by atoms with van der Waals surface area (Å²) in [7, 11) is -3.65. The zero-order valence-electron chi connectivity index (χ0n) is 15.4. The first-order chi connectivity index (χ1) is 13.0. The maximum Gasteiger partial charge on any atom is 0.247 e. The standard InChI is InChI=1S/C17H25N7O2S/c1-2-23-9-11-24(12-10-23)17-21-16(13-20-22-17)19-8-7-14-3-5-15(6-4-14)27(18,25)26/h3-6,13H,2,7-12H2,1H3,(H2,18,25,26)(H,19,21,22). The Hall–Kier alpha value is -2.30. The van der Waals surface area contributed by atoms with Crippen molar-refractivity contribution in [3.63, 3.8) is 0 Å². The van der Waals surface area contributed by atoms with E-state index >= 15 is 0 Å². The number of nitrogens with two attached hydrogens (primary N) is 1. The van der Waals surface area contributed by atoms with Gasteiger partial charge in [-0.05, 0) is 30.7 Å². The molecule has 2 aromatic rings. The molecule has 2 heterocycles. The summed E-state index contributed by atoms with van der Waals surface area (Å²) in [5, 5.41) is 16.6. The van der Waals surface area contributed by atoms with Gasteiger partial charge in [-0.25, -0.2) is 13.6 Å². The van der Waals surface area contributed by atoms with Crippen LogP contribution >= 0.6 is 0 Å². The Morgan fingerprint density at radius 1 is 1.15 bits per heavy atom. The maximum atomic E-state index is 11.3. The number of nitrogens with one attached hydrogen (secondary N) is 1. The van der Waals surface area contributed by atoms with Gasteiger partial charge < -0.3 is 15.1 Å². The Kier molecular flexibility index (Phi) is 6.19. The van der Waals surface area contributed by atoms with Gasteiger partial charge in [-0.3, -0.25) is 0 Å². The molecule has 1 aliphatic rings. The number of piperazine rings is 1. The minimum atomic E-state index is -3.65. The van der Waals surface area contributed by atoms with Crippen molar-refractivity contribution < 1.29 is 8.42 Å². The first-order valence-corrected chi connectivity index (χ1v) is 10.5. The van der Waals surface area contributed by atoms with Crippen molar-refractivity contribution >= 4 is 21.8 Å². The number of rotatable bonds is 7. The fourth-order valence-electron chi connectivity index (χ4n) is 2.96. The fourth-order valence-corrected chi connectivity index (χ4v) is 3.47. The summed E-state index contributed by atoms with van der Waals surface area (Å²) in [6.45, 7) is 7.69. The molecule has 0 amide bonds. The summed E-state index contributed by atoms with van der Waals surface area (Å²) in [6.07, 6.45) is 2.33. The first-order valence-electron chi connectivity index (χ1n) is 8.98. The second-order valence-corrected chi connectivity index (χ2v) is 7.99. The highest BCUT2D eigenvalue weighted by molar-refractivity contribution is 7.89. The summed E-state index contributed by atoms with van der Waals surface area (Å²) in [4.78, 5) is 9.21. The van der Waals surface area contributed by atoms with E-state index in [1.807, 2.05) is 0 Å². The molecule has 0 spiro atoms. The van der Waals surface area contributed by atoms with Gasteiger partial charge in [0, 0.05) is 32.7 Å². The summed E-state index contributed by atoms with van der Waals surface area (Å²) in [6, 6.07) is 6.56. The van der Waals surface area contributed by atoms with E-state index in [1.165, 1.54) is 12.1 Å². The molecule has 146 valence electrons. The van der Waals surface area contributed by atoms with Crippen molar-refractivity contribution in [2.24, 2.45) is 5.14 Å². The molecule has 0 radical (unpaired) electrons. The SMILES string of the molecule is CCN1CCN(c2nncc(NCCc3ccc(S(N)(=O)=O)cc3)n2)CC1. The van der Waals surface area contributed by atoms with Crippen LogP contribution in [0.4, 0.5) is 11.8 Å². The number of nitrogens with zero attached hydrogens (tertiary/aromatic N) is 5. The molecule has 1 aromatic carbocycles.